The second kappa shape index (κ2) is 4.15. The first-order chi connectivity index (χ1) is 6.24. The van der Waals surface area contributed by atoms with E-state index in [9.17, 15) is 4.79 Å². The molecule has 66 valence electrons. The van der Waals surface area contributed by atoms with Gasteiger partial charge in [-0.15, -0.1) is 0 Å². The minimum atomic E-state index is -0.560. The number of hydrogen-bond donors (Lipinski definition) is 2. The van der Waals surface area contributed by atoms with E-state index in [1.165, 1.54) is 6.08 Å². The van der Waals surface area contributed by atoms with Gasteiger partial charge < -0.3 is 11.1 Å². The first kappa shape index (κ1) is 9.12. The van der Waals surface area contributed by atoms with E-state index in [0.29, 0.717) is 5.57 Å². The molecule has 3 N–H and O–H groups in total. The molecule has 0 aliphatic carbocycles. The Hall–Kier alpha value is -1.97. The molecule has 0 saturated carbocycles. The summed E-state index contributed by atoms with van der Waals surface area (Å²) in [4.78, 5) is 14.4. The molecule has 1 heterocycles. The third kappa shape index (κ3) is 2.52. The molecule has 0 radical (unpaired) electrons. The monoisotopic (exact) mass is 175 g/mol. The highest BCUT2D eigenvalue weighted by Gasteiger charge is 1.98. The molecule has 0 spiro atoms. The SMILES string of the molecule is N=C/C(=C\C(N)=O)c1ccncc1. The van der Waals surface area contributed by atoms with Crippen LogP contribution in [0.5, 0.6) is 0 Å². The largest absolute Gasteiger partial charge is 0.366 e. The Balaban J connectivity index is 3.05. The number of allylic oxidation sites excluding steroid dienone is 1. The first-order valence-electron chi connectivity index (χ1n) is 3.66. The average Bonchev–Trinajstić information content (AvgIpc) is 2.15. The zero-order valence-corrected chi connectivity index (χ0v) is 6.90. The Morgan fingerprint density at radius 2 is 2.08 bits per heavy atom. The Morgan fingerprint density at radius 1 is 1.46 bits per heavy atom. The lowest BCUT2D eigenvalue weighted by Gasteiger charge is -1.98. The summed E-state index contributed by atoms with van der Waals surface area (Å²) in [5.74, 6) is -0.560. The molecule has 4 nitrogen and oxygen atoms in total. The maximum Gasteiger partial charge on any atom is 0.242 e. The van der Waals surface area contributed by atoms with Gasteiger partial charge in [0.15, 0.2) is 0 Å². The number of nitrogens with two attached hydrogens (primary N) is 1. The van der Waals surface area contributed by atoms with E-state index >= 15 is 0 Å². The highest BCUT2D eigenvalue weighted by Crippen LogP contribution is 2.09. The lowest BCUT2D eigenvalue weighted by Crippen LogP contribution is -2.07. The number of aromatic nitrogens is 1. The molecule has 1 aromatic heterocycles. The number of carbonyl (C=O) groups excluding carboxylic acids is 1. The topological polar surface area (TPSA) is 79.8 Å². The Labute approximate surface area is 75.6 Å². The van der Waals surface area contributed by atoms with Crippen molar-refractivity contribution in [3.8, 4) is 0 Å². The van der Waals surface area contributed by atoms with Crippen LogP contribution in [0.15, 0.2) is 30.6 Å². The van der Waals surface area contributed by atoms with E-state index in [0.717, 1.165) is 11.8 Å². The summed E-state index contributed by atoms with van der Waals surface area (Å²) in [6.07, 6.45) is 5.48. The van der Waals surface area contributed by atoms with Crippen LogP contribution in [-0.4, -0.2) is 17.1 Å². The molecular formula is C9H9N3O. The summed E-state index contributed by atoms with van der Waals surface area (Å²) in [7, 11) is 0. The third-order valence-electron chi connectivity index (χ3n) is 1.47. The molecule has 0 bridgehead atoms. The fourth-order valence-corrected chi connectivity index (χ4v) is 0.906. The van der Waals surface area contributed by atoms with Crippen LogP contribution in [0.4, 0.5) is 0 Å². The van der Waals surface area contributed by atoms with Crippen LogP contribution in [0.1, 0.15) is 5.56 Å². The molecule has 0 aromatic carbocycles. The number of amides is 1. The van der Waals surface area contributed by atoms with Gasteiger partial charge in [0.05, 0.1) is 0 Å². The van der Waals surface area contributed by atoms with Gasteiger partial charge in [-0.2, -0.15) is 0 Å². The second-order valence-corrected chi connectivity index (χ2v) is 2.38. The summed E-state index contributed by atoms with van der Waals surface area (Å²) >= 11 is 0. The van der Waals surface area contributed by atoms with E-state index < -0.39 is 5.91 Å². The number of primary amides is 1. The lowest BCUT2D eigenvalue weighted by atomic mass is 10.1. The van der Waals surface area contributed by atoms with Crippen molar-refractivity contribution in [2.24, 2.45) is 5.73 Å². The third-order valence-corrected chi connectivity index (χ3v) is 1.47. The Morgan fingerprint density at radius 3 is 2.54 bits per heavy atom. The normalized spacial score (nSPS) is 10.9. The summed E-state index contributed by atoms with van der Waals surface area (Å²) in [6, 6.07) is 3.42. The van der Waals surface area contributed by atoms with Crippen LogP contribution >= 0.6 is 0 Å². The van der Waals surface area contributed by atoms with Gasteiger partial charge in [-0.1, -0.05) is 0 Å². The van der Waals surface area contributed by atoms with Crippen LogP contribution in [0.2, 0.25) is 0 Å². The van der Waals surface area contributed by atoms with E-state index in [1.807, 2.05) is 0 Å². The zero-order valence-electron chi connectivity index (χ0n) is 6.90. The van der Waals surface area contributed by atoms with Crippen molar-refractivity contribution in [2.45, 2.75) is 0 Å². The van der Waals surface area contributed by atoms with Gasteiger partial charge in [0.1, 0.15) is 0 Å². The van der Waals surface area contributed by atoms with E-state index in [1.54, 1.807) is 24.5 Å². The van der Waals surface area contributed by atoms with Gasteiger partial charge >= 0.3 is 0 Å². The molecule has 0 fully saturated rings. The minimum absolute atomic E-state index is 0.481. The molecular weight excluding hydrogens is 166 g/mol. The van der Waals surface area contributed by atoms with Crippen molar-refractivity contribution in [3.63, 3.8) is 0 Å². The molecule has 0 saturated heterocycles. The molecule has 1 amide bonds. The molecule has 0 aliphatic rings. The average molecular weight is 175 g/mol. The number of hydrogen-bond acceptors (Lipinski definition) is 3. The maximum atomic E-state index is 10.6. The van der Waals surface area contributed by atoms with Crippen LogP contribution in [0.3, 0.4) is 0 Å². The van der Waals surface area contributed by atoms with Gasteiger partial charge in [-0.3, -0.25) is 9.78 Å². The van der Waals surface area contributed by atoms with Gasteiger partial charge in [0, 0.05) is 30.3 Å². The lowest BCUT2D eigenvalue weighted by molar-refractivity contribution is -0.113. The van der Waals surface area contributed by atoms with Gasteiger partial charge in [-0.05, 0) is 17.7 Å². The Kier molecular flexibility index (Phi) is 2.92. The van der Waals surface area contributed by atoms with Crippen LogP contribution in [0, 0.1) is 5.41 Å². The van der Waals surface area contributed by atoms with E-state index in [-0.39, 0.29) is 0 Å². The summed E-state index contributed by atoms with van der Waals surface area (Å²) < 4.78 is 0. The number of carbonyl (C=O) groups is 1. The fraction of sp³-hybridized carbons (Fsp3) is 0. The predicted molar refractivity (Wildman–Crippen MR) is 50.2 cm³/mol. The van der Waals surface area contributed by atoms with Gasteiger partial charge in [0.2, 0.25) is 5.91 Å². The van der Waals surface area contributed by atoms with Crippen molar-refractivity contribution in [1.82, 2.24) is 4.98 Å². The van der Waals surface area contributed by atoms with Gasteiger partial charge in [-0.25, -0.2) is 0 Å². The number of pyridine rings is 1. The highest BCUT2D eigenvalue weighted by atomic mass is 16.1. The standard InChI is InChI=1S/C9H9N3O/c10-6-8(5-9(11)13)7-1-3-12-4-2-7/h1-6,10H,(H2,11,13)/b8-5+,10-6?. The molecule has 0 atom stereocenters. The first-order valence-corrected chi connectivity index (χ1v) is 3.66. The van der Waals surface area contributed by atoms with Crippen molar-refractivity contribution < 1.29 is 4.79 Å². The quantitative estimate of drug-likeness (QED) is 0.521. The molecule has 1 rings (SSSR count). The zero-order chi connectivity index (χ0) is 9.68. The fourth-order valence-electron chi connectivity index (χ4n) is 0.906. The van der Waals surface area contributed by atoms with Gasteiger partial charge in [0.25, 0.3) is 0 Å². The summed E-state index contributed by atoms with van der Waals surface area (Å²) in [5, 5.41) is 7.07. The minimum Gasteiger partial charge on any atom is -0.366 e. The summed E-state index contributed by atoms with van der Waals surface area (Å²) in [5.41, 5.74) is 6.21. The van der Waals surface area contributed by atoms with Crippen molar-refractivity contribution in [3.05, 3.63) is 36.2 Å². The van der Waals surface area contributed by atoms with E-state index in [4.69, 9.17) is 11.1 Å². The van der Waals surface area contributed by atoms with Crippen molar-refractivity contribution in [2.75, 3.05) is 0 Å². The summed E-state index contributed by atoms with van der Waals surface area (Å²) in [6.45, 7) is 0. The maximum absolute atomic E-state index is 10.6. The molecule has 4 heteroatoms. The number of nitrogens with zero attached hydrogens (tertiary/aromatic N) is 1. The molecule has 1 aromatic rings. The predicted octanol–water partition coefficient (Wildman–Crippen LogP) is 0.600. The van der Waals surface area contributed by atoms with Crippen molar-refractivity contribution in [1.29, 1.82) is 5.41 Å². The molecule has 0 aliphatic heterocycles. The van der Waals surface area contributed by atoms with Crippen LogP contribution in [-0.2, 0) is 4.79 Å². The smallest absolute Gasteiger partial charge is 0.242 e. The molecule has 13 heavy (non-hydrogen) atoms. The Bertz CT molecular complexity index is 343. The molecule has 0 unspecified atom stereocenters. The number of rotatable bonds is 3. The highest BCUT2D eigenvalue weighted by molar-refractivity contribution is 6.14. The number of nitrogens with one attached hydrogen (secondary N) is 1. The van der Waals surface area contributed by atoms with E-state index in [2.05, 4.69) is 4.98 Å². The van der Waals surface area contributed by atoms with Crippen LogP contribution < -0.4 is 5.73 Å². The second-order valence-electron chi connectivity index (χ2n) is 2.38. The van der Waals surface area contributed by atoms with Crippen LogP contribution in [0.25, 0.3) is 5.57 Å². The van der Waals surface area contributed by atoms with Crippen molar-refractivity contribution >= 4 is 17.7 Å².